The van der Waals surface area contributed by atoms with Crippen LogP contribution < -0.4 is 0 Å². The number of hydrogen-bond donors (Lipinski definition) is 0. The number of carbonyl (C=O) groups is 1. The lowest BCUT2D eigenvalue weighted by atomic mass is 10.1. The van der Waals surface area contributed by atoms with E-state index in [2.05, 4.69) is 0 Å². The fourth-order valence-corrected chi connectivity index (χ4v) is 2.34. The highest BCUT2D eigenvalue weighted by Crippen LogP contribution is 2.35. The average molecular weight is 203 g/mol. The molecule has 1 aromatic carbocycles. The molecule has 0 unspecified atom stereocenters. The number of rotatable bonds is 1. The maximum Gasteiger partial charge on any atom is 0.258 e. The monoisotopic (exact) mass is 203 g/mol. The lowest BCUT2D eigenvalue weighted by Crippen LogP contribution is -2.28. The van der Waals surface area contributed by atoms with Gasteiger partial charge in [-0.25, -0.2) is 0 Å². The zero-order valence-electron chi connectivity index (χ0n) is 8.43. The lowest BCUT2D eigenvalue weighted by molar-refractivity contribution is -0.130. The Bertz CT molecular complexity index is 376. The molecule has 15 heavy (non-hydrogen) atoms. The molecule has 2 aliphatic heterocycles. The van der Waals surface area contributed by atoms with Gasteiger partial charge >= 0.3 is 0 Å². The summed E-state index contributed by atoms with van der Waals surface area (Å²) in [6.45, 7) is 0.854. The third-order valence-electron chi connectivity index (χ3n) is 3.10. The van der Waals surface area contributed by atoms with Gasteiger partial charge in [0.15, 0.2) is 6.10 Å². The van der Waals surface area contributed by atoms with Gasteiger partial charge in [0.1, 0.15) is 6.23 Å². The predicted molar refractivity (Wildman–Crippen MR) is 55.0 cm³/mol. The van der Waals surface area contributed by atoms with Gasteiger partial charge in [-0.05, 0) is 18.4 Å². The van der Waals surface area contributed by atoms with E-state index in [0.717, 1.165) is 24.9 Å². The van der Waals surface area contributed by atoms with Crippen molar-refractivity contribution < 1.29 is 9.53 Å². The summed E-state index contributed by atoms with van der Waals surface area (Å²) in [6.07, 6.45) is 1.71. The summed E-state index contributed by atoms with van der Waals surface area (Å²) in [4.78, 5) is 13.8. The largest absolute Gasteiger partial charge is 0.340 e. The van der Waals surface area contributed by atoms with E-state index in [9.17, 15) is 4.79 Å². The van der Waals surface area contributed by atoms with Gasteiger partial charge in [-0.15, -0.1) is 0 Å². The van der Waals surface area contributed by atoms with Crippen LogP contribution in [0.25, 0.3) is 0 Å². The van der Waals surface area contributed by atoms with Gasteiger partial charge in [0, 0.05) is 6.54 Å². The second-order valence-corrected chi connectivity index (χ2v) is 4.06. The molecule has 0 aromatic heterocycles. The minimum atomic E-state index is -0.364. The fraction of sp³-hybridized carbons (Fsp3) is 0.417. The SMILES string of the molecule is O=C1[C@H](c2ccccc2)O[C@@H]2CCCN12. The van der Waals surface area contributed by atoms with E-state index in [0.29, 0.717) is 0 Å². The molecule has 2 atom stereocenters. The van der Waals surface area contributed by atoms with Crippen LogP contribution in [0, 0.1) is 0 Å². The molecule has 2 heterocycles. The summed E-state index contributed by atoms with van der Waals surface area (Å²) in [5.74, 6) is 0.128. The highest BCUT2D eigenvalue weighted by molar-refractivity contribution is 5.84. The summed E-state index contributed by atoms with van der Waals surface area (Å²) in [5, 5.41) is 0. The Kier molecular flexibility index (Phi) is 1.99. The van der Waals surface area contributed by atoms with Gasteiger partial charge in [0.25, 0.3) is 5.91 Å². The van der Waals surface area contributed by atoms with E-state index in [-0.39, 0.29) is 18.2 Å². The maximum absolute atomic E-state index is 12.0. The first kappa shape index (κ1) is 8.92. The molecule has 1 amide bonds. The van der Waals surface area contributed by atoms with Crippen LogP contribution in [0.15, 0.2) is 30.3 Å². The van der Waals surface area contributed by atoms with Crippen LogP contribution in [-0.2, 0) is 9.53 Å². The predicted octanol–water partition coefficient (Wildman–Crippen LogP) is 1.71. The molecule has 1 aromatic rings. The van der Waals surface area contributed by atoms with Crippen LogP contribution in [-0.4, -0.2) is 23.6 Å². The number of nitrogens with zero attached hydrogens (tertiary/aromatic N) is 1. The number of carbonyl (C=O) groups excluding carboxylic acids is 1. The summed E-state index contributed by atoms with van der Waals surface area (Å²) in [6, 6.07) is 9.73. The molecule has 3 nitrogen and oxygen atoms in total. The lowest BCUT2D eigenvalue weighted by Gasteiger charge is -2.11. The van der Waals surface area contributed by atoms with Crippen molar-refractivity contribution in [2.45, 2.75) is 25.2 Å². The first-order chi connectivity index (χ1) is 7.36. The Morgan fingerprint density at radius 1 is 1.27 bits per heavy atom. The van der Waals surface area contributed by atoms with Crippen molar-refractivity contribution in [2.24, 2.45) is 0 Å². The molecule has 3 heteroatoms. The van der Waals surface area contributed by atoms with Gasteiger partial charge in [-0.2, -0.15) is 0 Å². The molecule has 0 N–H and O–H groups in total. The van der Waals surface area contributed by atoms with Gasteiger partial charge in [-0.3, -0.25) is 4.79 Å². The third-order valence-corrected chi connectivity index (χ3v) is 3.10. The van der Waals surface area contributed by atoms with Gasteiger partial charge in [0.05, 0.1) is 0 Å². The standard InChI is InChI=1S/C12H13NO2/c14-12-11(9-5-2-1-3-6-9)15-10-7-4-8-13(10)12/h1-3,5-6,10-11H,4,7-8H2/t10-,11+/m1/s1. The molecule has 2 aliphatic rings. The zero-order valence-corrected chi connectivity index (χ0v) is 8.43. The van der Waals surface area contributed by atoms with E-state index in [1.54, 1.807) is 0 Å². The topological polar surface area (TPSA) is 29.5 Å². The van der Waals surface area contributed by atoms with E-state index in [4.69, 9.17) is 4.74 Å². The second-order valence-electron chi connectivity index (χ2n) is 4.06. The van der Waals surface area contributed by atoms with E-state index < -0.39 is 0 Å². The van der Waals surface area contributed by atoms with Crippen LogP contribution in [0.4, 0.5) is 0 Å². The smallest absolute Gasteiger partial charge is 0.258 e. The number of benzene rings is 1. The maximum atomic E-state index is 12.0. The number of ether oxygens (including phenoxy) is 1. The first-order valence-corrected chi connectivity index (χ1v) is 5.37. The van der Waals surface area contributed by atoms with E-state index in [1.165, 1.54) is 0 Å². The minimum absolute atomic E-state index is 0.0303. The molecular formula is C12H13NO2. The summed E-state index contributed by atoms with van der Waals surface area (Å²) < 4.78 is 5.76. The third kappa shape index (κ3) is 1.35. The summed E-state index contributed by atoms with van der Waals surface area (Å²) >= 11 is 0. The van der Waals surface area contributed by atoms with Crippen LogP contribution in [0.1, 0.15) is 24.5 Å². The molecule has 0 aliphatic carbocycles. The first-order valence-electron chi connectivity index (χ1n) is 5.37. The summed E-state index contributed by atoms with van der Waals surface area (Å²) in [7, 11) is 0. The molecule has 78 valence electrons. The van der Waals surface area contributed by atoms with E-state index >= 15 is 0 Å². The van der Waals surface area contributed by atoms with Gasteiger partial charge < -0.3 is 9.64 Å². The van der Waals surface area contributed by atoms with Crippen LogP contribution in [0.2, 0.25) is 0 Å². The molecule has 2 fully saturated rings. The fourth-order valence-electron chi connectivity index (χ4n) is 2.34. The normalized spacial score (nSPS) is 29.6. The van der Waals surface area contributed by atoms with Crippen molar-refractivity contribution in [1.82, 2.24) is 4.90 Å². The van der Waals surface area contributed by atoms with Gasteiger partial charge in [-0.1, -0.05) is 30.3 Å². The number of fused-ring (bicyclic) bond motifs is 1. The Balaban J connectivity index is 1.88. The van der Waals surface area contributed by atoms with Crippen molar-refractivity contribution >= 4 is 5.91 Å². The van der Waals surface area contributed by atoms with Crippen molar-refractivity contribution in [2.75, 3.05) is 6.54 Å². The van der Waals surface area contributed by atoms with Crippen LogP contribution in [0.5, 0.6) is 0 Å². The molecule has 0 radical (unpaired) electrons. The Hall–Kier alpha value is -1.35. The Morgan fingerprint density at radius 2 is 2.07 bits per heavy atom. The Morgan fingerprint density at radius 3 is 2.80 bits per heavy atom. The molecular weight excluding hydrogens is 190 g/mol. The van der Waals surface area contributed by atoms with Crippen molar-refractivity contribution in [3.8, 4) is 0 Å². The second kappa shape index (κ2) is 3.35. The molecule has 0 spiro atoms. The van der Waals surface area contributed by atoms with Crippen molar-refractivity contribution in [3.63, 3.8) is 0 Å². The molecule has 0 bridgehead atoms. The zero-order chi connectivity index (χ0) is 10.3. The van der Waals surface area contributed by atoms with Crippen molar-refractivity contribution in [3.05, 3.63) is 35.9 Å². The highest BCUT2D eigenvalue weighted by Gasteiger charge is 2.43. The summed E-state index contributed by atoms with van der Waals surface area (Å²) in [5.41, 5.74) is 0.969. The minimum Gasteiger partial charge on any atom is -0.340 e. The Labute approximate surface area is 88.6 Å². The molecule has 0 saturated carbocycles. The van der Waals surface area contributed by atoms with E-state index in [1.807, 2.05) is 35.2 Å². The number of hydrogen-bond acceptors (Lipinski definition) is 2. The number of amides is 1. The molecule has 2 saturated heterocycles. The average Bonchev–Trinajstić information content (AvgIpc) is 2.83. The van der Waals surface area contributed by atoms with Crippen LogP contribution in [0.3, 0.4) is 0 Å². The quantitative estimate of drug-likeness (QED) is 0.695. The van der Waals surface area contributed by atoms with Gasteiger partial charge in [0.2, 0.25) is 0 Å². The molecule has 3 rings (SSSR count). The van der Waals surface area contributed by atoms with Crippen LogP contribution >= 0.6 is 0 Å². The highest BCUT2D eigenvalue weighted by atomic mass is 16.5. The van der Waals surface area contributed by atoms with Crippen molar-refractivity contribution in [1.29, 1.82) is 0 Å².